The smallest absolute Gasteiger partial charge is 0.310 e. The Morgan fingerprint density at radius 2 is 2.00 bits per heavy atom. The fourth-order valence-electron chi connectivity index (χ4n) is 2.97. The van der Waals surface area contributed by atoms with Crippen molar-refractivity contribution in [3.8, 4) is 0 Å². The summed E-state index contributed by atoms with van der Waals surface area (Å²) in [6.07, 6.45) is 3.11. The quantitative estimate of drug-likeness (QED) is 0.391. The van der Waals surface area contributed by atoms with E-state index in [0.29, 0.717) is 12.1 Å². The molecule has 7 nitrogen and oxygen atoms in total. The molecule has 0 spiro atoms. The molecular formula is C20H19N3O4. The molecular weight excluding hydrogens is 346 g/mol. The summed E-state index contributed by atoms with van der Waals surface area (Å²) >= 11 is 0. The van der Waals surface area contributed by atoms with E-state index in [1.807, 2.05) is 42.5 Å². The zero-order valence-corrected chi connectivity index (χ0v) is 14.8. The summed E-state index contributed by atoms with van der Waals surface area (Å²) in [5.41, 5.74) is 1.18. The first kappa shape index (κ1) is 18.3. The Morgan fingerprint density at radius 3 is 2.74 bits per heavy atom. The molecule has 1 N–H and O–H groups in total. The minimum atomic E-state index is -0.508. The molecule has 3 aromatic rings. The Balaban J connectivity index is 1.78. The molecule has 0 fully saturated rings. The van der Waals surface area contributed by atoms with Crippen LogP contribution in [0, 0.1) is 16.0 Å². The number of benzene rings is 2. The predicted octanol–water partition coefficient (Wildman–Crippen LogP) is 3.59. The molecule has 0 saturated carbocycles. The third-order valence-electron chi connectivity index (χ3n) is 4.37. The Morgan fingerprint density at radius 1 is 1.22 bits per heavy atom. The Hall–Kier alpha value is -3.48. The van der Waals surface area contributed by atoms with Crippen molar-refractivity contribution in [3.05, 3.63) is 76.6 Å². The molecule has 7 heteroatoms. The number of nitrogens with zero attached hydrogens (tertiary/aromatic N) is 2. The summed E-state index contributed by atoms with van der Waals surface area (Å²) in [6.45, 7) is 0.213. The topological polar surface area (TPSA) is 94.4 Å². The van der Waals surface area contributed by atoms with Gasteiger partial charge in [-0.25, -0.2) is 0 Å². The number of nitrogens with one attached hydrogen (secondary N) is 1. The van der Waals surface area contributed by atoms with E-state index in [1.165, 1.54) is 25.6 Å². The maximum absolute atomic E-state index is 12.2. The minimum absolute atomic E-state index is 0.133. The van der Waals surface area contributed by atoms with E-state index < -0.39 is 10.8 Å². The van der Waals surface area contributed by atoms with Crippen molar-refractivity contribution in [2.24, 2.45) is 5.92 Å². The summed E-state index contributed by atoms with van der Waals surface area (Å²) in [7, 11) is 1.34. The van der Waals surface area contributed by atoms with Crippen molar-refractivity contribution < 1.29 is 14.5 Å². The molecule has 2 aromatic carbocycles. The van der Waals surface area contributed by atoms with E-state index in [0.717, 1.165) is 16.3 Å². The van der Waals surface area contributed by atoms with Crippen LogP contribution in [0.4, 0.5) is 11.4 Å². The third kappa shape index (κ3) is 4.38. The van der Waals surface area contributed by atoms with E-state index in [1.54, 1.807) is 0 Å². The lowest BCUT2D eigenvalue weighted by Crippen LogP contribution is -2.26. The van der Waals surface area contributed by atoms with E-state index in [2.05, 4.69) is 10.3 Å². The Kier molecular flexibility index (Phi) is 5.61. The number of hydrogen-bond acceptors (Lipinski definition) is 6. The van der Waals surface area contributed by atoms with Gasteiger partial charge in [0.25, 0.3) is 0 Å². The van der Waals surface area contributed by atoms with Gasteiger partial charge in [0.1, 0.15) is 11.9 Å². The second-order valence-electron chi connectivity index (χ2n) is 6.14. The van der Waals surface area contributed by atoms with Gasteiger partial charge in [-0.3, -0.25) is 19.9 Å². The molecule has 27 heavy (non-hydrogen) atoms. The number of nitro groups is 1. The molecule has 3 rings (SSSR count). The van der Waals surface area contributed by atoms with Gasteiger partial charge in [-0.1, -0.05) is 42.5 Å². The zero-order valence-electron chi connectivity index (χ0n) is 14.8. The number of aromatic nitrogens is 1. The monoisotopic (exact) mass is 365 g/mol. The van der Waals surface area contributed by atoms with Gasteiger partial charge in [0.05, 0.1) is 18.0 Å². The fraction of sp³-hybridized carbons (Fsp3) is 0.200. The standard InChI is InChI=1S/C20H19N3O4/c1-27-20(24)17(12-22-18-8-9-21-13-19(18)23(25)26)11-14-6-7-15-4-2-3-5-16(15)10-14/h2-10,13,17H,11-12H2,1H3,(H,21,22). The predicted molar refractivity (Wildman–Crippen MR) is 103 cm³/mol. The number of hydrogen-bond donors (Lipinski definition) is 1. The maximum Gasteiger partial charge on any atom is 0.310 e. The van der Waals surface area contributed by atoms with Crippen molar-refractivity contribution in [2.45, 2.75) is 6.42 Å². The fourth-order valence-corrected chi connectivity index (χ4v) is 2.97. The van der Waals surface area contributed by atoms with Gasteiger partial charge in [-0.2, -0.15) is 0 Å². The van der Waals surface area contributed by atoms with Crippen LogP contribution in [-0.4, -0.2) is 29.5 Å². The van der Waals surface area contributed by atoms with E-state index in [4.69, 9.17) is 4.74 Å². The van der Waals surface area contributed by atoms with E-state index >= 15 is 0 Å². The van der Waals surface area contributed by atoms with Crippen molar-refractivity contribution >= 4 is 28.1 Å². The number of carbonyl (C=O) groups is 1. The first-order valence-electron chi connectivity index (χ1n) is 8.46. The van der Waals surface area contributed by atoms with Crippen molar-refractivity contribution in [2.75, 3.05) is 19.0 Å². The summed E-state index contributed by atoms with van der Waals surface area (Å²) < 4.78 is 4.91. The number of esters is 1. The van der Waals surface area contributed by atoms with Crippen LogP contribution in [0.15, 0.2) is 60.9 Å². The lowest BCUT2D eigenvalue weighted by molar-refractivity contribution is -0.384. The highest BCUT2D eigenvalue weighted by Crippen LogP contribution is 2.23. The third-order valence-corrected chi connectivity index (χ3v) is 4.37. The highest BCUT2D eigenvalue weighted by molar-refractivity contribution is 5.83. The number of anilines is 1. The van der Waals surface area contributed by atoms with Gasteiger partial charge in [0, 0.05) is 12.7 Å². The van der Waals surface area contributed by atoms with Gasteiger partial charge < -0.3 is 10.1 Å². The highest BCUT2D eigenvalue weighted by atomic mass is 16.6. The molecule has 0 bridgehead atoms. The van der Waals surface area contributed by atoms with Crippen LogP contribution >= 0.6 is 0 Å². The number of methoxy groups -OCH3 is 1. The lowest BCUT2D eigenvalue weighted by atomic mass is 9.97. The summed E-state index contributed by atoms with van der Waals surface area (Å²) in [6, 6.07) is 15.5. The Labute approximate surface area is 156 Å². The van der Waals surface area contributed by atoms with Gasteiger partial charge in [0.15, 0.2) is 0 Å². The summed E-state index contributed by atoms with van der Waals surface area (Å²) in [5.74, 6) is -0.851. The van der Waals surface area contributed by atoms with Crippen LogP contribution in [-0.2, 0) is 16.0 Å². The summed E-state index contributed by atoms with van der Waals surface area (Å²) in [5, 5.41) is 16.3. The van der Waals surface area contributed by atoms with Crippen molar-refractivity contribution in [3.63, 3.8) is 0 Å². The van der Waals surface area contributed by atoms with Gasteiger partial charge in [0.2, 0.25) is 0 Å². The van der Waals surface area contributed by atoms with E-state index in [-0.39, 0.29) is 18.2 Å². The average Bonchev–Trinajstić information content (AvgIpc) is 2.70. The van der Waals surface area contributed by atoms with Crippen LogP contribution in [0.25, 0.3) is 10.8 Å². The van der Waals surface area contributed by atoms with Crippen LogP contribution in [0.5, 0.6) is 0 Å². The van der Waals surface area contributed by atoms with Crippen LogP contribution < -0.4 is 5.32 Å². The zero-order chi connectivity index (χ0) is 19.2. The average molecular weight is 365 g/mol. The minimum Gasteiger partial charge on any atom is -0.469 e. The number of fused-ring (bicyclic) bond motifs is 1. The van der Waals surface area contributed by atoms with Gasteiger partial charge >= 0.3 is 11.7 Å². The summed E-state index contributed by atoms with van der Waals surface area (Å²) in [4.78, 5) is 26.6. The normalized spacial score (nSPS) is 11.7. The highest BCUT2D eigenvalue weighted by Gasteiger charge is 2.22. The SMILES string of the molecule is COC(=O)C(CNc1ccncc1[N+](=O)[O-])Cc1ccc2ccccc2c1. The first-order valence-corrected chi connectivity index (χ1v) is 8.46. The van der Waals surface area contributed by atoms with Crippen molar-refractivity contribution in [1.82, 2.24) is 4.98 Å². The molecule has 0 radical (unpaired) electrons. The molecule has 0 saturated heterocycles. The van der Waals surface area contributed by atoms with Crippen LogP contribution in [0.2, 0.25) is 0 Å². The molecule has 138 valence electrons. The molecule has 1 aromatic heterocycles. The molecule has 0 aliphatic heterocycles. The molecule has 1 heterocycles. The largest absolute Gasteiger partial charge is 0.469 e. The molecule has 0 aliphatic carbocycles. The molecule has 0 amide bonds. The first-order chi connectivity index (χ1) is 13.1. The number of carbonyl (C=O) groups excluding carboxylic acids is 1. The lowest BCUT2D eigenvalue weighted by Gasteiger charge is -2.16. The second-order valence-corrected chi connectivity index (χ2v) is 6.14. The molecule has 1 unspecified atom stereocenters. The van der Waals surface area contributed by atoms with Gasteiger partial charge in [-0.05, 0) is 28.8 Å². The van der Waals surface area contributed by atoms with E-state index in [9.17, 15) is 14.9 Å². The van der Waals surface area contributed by atoms with Crippen LogP contribution in [0.3, 0.4) is 0 Å². The molecule has 0 aliphatic rings. The number of rotatable bonds is 7. The molecule has 1 atom stereocenters. The second kappa shape index (κ2) is 8.27. The Bertz CT molecular complexity index is 974. The van der Waals surface area contributed by atoms with Crippen molar-refractivity contribution in [1.29, 1.82) is 0 Å². The van der Waals surface area contributed by atoms with Gasteiger partial charge in [-0.15, -0.1) is 0 Å². The number of pyridine rings is 1. The maximum atomic E-state index is 12.2. The number of ether oxygens (including phenoxy) is 1. The van der Waals surface area contributed by atoms with Crippen LogP contribution in [0.1, 0.15) is 5.56 Å².